The summed E-state index contributed by atoms with van der Waals surface area (Å²) < 4.78 is 0. The lowest BCUT2D eigenvalue weighted by atomic mass is 9.93. The van der Waals surface area contributed by atoms with Gasteiger partial charge in [0.05, 0.1) is 12.1 Å². The standard InChI is InChI=1S/C27H36N6O7/c1-13-2-3-14-6-16(13)9-20(25(37)33-22(12-29)27(39)40)32-26(38)21(10-18(34)11-28)31-24(36)19(30)8-17-7-15(14)4-5-23(17)35/h2-7,18-22,34-35H,8-12,28-30H2,1H3,(H,31,36)(H,32,38)(H,33,37)(H,39,40)/t18-,19+,20+,21+,22+/m1/s1. The Kier molecular flexibility index (Phi) is 10.2. The third-order valence-corrected chi connectivity index (χ3v) is 6.86. The van der Waals surface area contributed by atoms with Crippen LogP contribution in [0.3, 0.4) is 0 Å². The molecule has 0 unspecified atom stereocenters. The Labute approximate surface area is 231 Å². The first-order valence-corrected chi connectivity index (χ1v) is 12.8. The number of aryl methyl sites for hydroxylation is 1. The number of aromatic hydroxyl groups is 1. The number of carbonyl (C=O) groups excluding carboxylic acids is 3. The molecule has 0 radical (unpaired) electrons. The van der Waals surface area contributed by atoms with E-state index < -0.39 is 54.0 Å². The van der Waals surface area contributed by atoms with Gasteiger partial charge in [-0.3, -0.25) is 14.4 Å². The highest BCUT2D eigenvalue weighted by Crippen LogP contribution is 2.29. The van der Waals surface area contributed by atoms with Gasteiger partial charge in [-0.15, -0.1) is 0 Å². The number of fused-ring (bicyclic) bond motifs is 5. The number of aliphatic hydroxyl groups excluding tert-OH is 1. The topological polar surface area (TPSA) is 243 Å². The minimum absolute atomic E-state index is 0.0290. The second-order valence-corrected chi connectivity index (χ2v) is 9.88. The van der Waals surface area contributed by atoms with Gasteiger partial charge in [-0.1, -0.05) is 24.3 Å². The van der Waals surface area contributed by atoms with E-state index in [1.165, 1.54) is 6.07 Å². The van der Waals surface area contributed by atoms with Crippen LogP contribution in [0.25, 0.3) is 11.1 Å². The number of carboxylic acid groups (broad SMARTS) is 1. The van der Waals surface area contributed by atoms with Gasteiger partial charge < -0.3 is 48.5 Å². The Bertz CT molecular complexity index is 1270. The number of nitrogens with two attached hydrogens (primary N) is 3. The van der Waals surface area contributed by atoms with Crippen molar-refractivity contribution in [3.8, 4) is 16.9 Å². The van der Waals surface area contributed by atoms with Crippen LogP contribution in [0.4, 0.5) is 0 Å². The Morgan fingerprint density at radius 1 is 1.00 bits per heavy atom. The van der Waals surface area contributed by atoms with Crippen LogP contribution in [0, 0.1) is 6.92 Å². The van der Waals surface area contributed by atoms with Crippen molar-refractivity contribution >= 4 is 23.7 Å². The van der Waals surface area contributed by atoms with E-state index in [1.807, 2.05) is 25.1 Å². The number of aliphatic carboxylic acids is 1. The molecule has 40 heavy (non-hydrogen) atoms. The van der Waals surface area contributed by atoms with Crippen molar-refractivity contribution in [2.45, 2.75) is 56.5 Å². The smallest absolute Gasteiger partial charge is 0.327 e. The summed E-state index contributed by atoms with van der Waals surface area (Å²) in [5, 5.41) is 37.4. The van der Waals surface area contributed by atoms with E-state index >= 15 is 0 Å². The van der Waals surface area contributed by atoms with Crippen molar-refractivity contribution in [3.05, 3.63) is 53.1 Å². The third-order valence-electron chi connectivity index (χ3n) is 6.86. The van der Waals surface area contributed by atoms with Gasteiger partial charge in [0.25, 0.3) is 0 Å². The third kappa shape index (κ3) is 7.54. The summed E-state index contributed by atoms with van der Waals surface area (Å²) in [5.74, 6) is -3.73. The van der Waals surface area contributed by atoms with E-state index in [-0.39, 0.29) is 38.1 Å². The summed E-state index contributed by atoms with van der Waals surface area (Å²) in [5.41, 5.74) is 20.5. The zero-order chi connectivity index (χ0) is 29.6. The van der Waals surface area contributed by atoms with Crippen molar-refractivity contribution in [1.82, 2.24) is 16.0 Å². The number of hydrogen-bond donors (Lipinski definition) is 9. The summed E-state index contributed by atoms with van der Waals surface area (Å²) >= 11 is 0. The Morgan fingerprint density at radius 3 is 2.27 bits per heavy atom. The first kappa shape index (κ1) is 30.5. The first-order chi connectivity index (χ1) is 18.9. The average Bonchev–Trinajstić information content (AvgIpc) is 2.92. The van der Waals surface area contributed by atoms with Gasteiger partial charge in [0.1, 0.15) is 23.9 Å². The molecule has 2 aromatic carbocycles. The summed E-state index contributed by atoms with van der Waals surface area (Å²) in [6.07, 6.45) is -1.50. The molecule has 2 aromatic rings. The molecule has 0 aliphatic carbocycles. The fourth-order valence-electron chi connectivity index (χ4n) is 4.40. The summed E-state index contributed by atoms with van der Waals surface area (Å²) in [6, 6.07) is 5.27. The lowest BCUT2D eigenvalue weighted by Gasteiger charge is -2.26. The van der Waals surface area contributed by atoms with E-state index in [1.54, 1.807) is 12.1 Å². The minimum Gasteiger partial charge on any atom is -0.508 e. The highest BCUT2D eigenvalue weighted by Gasteiger charge is 2.32. The molecular formula is C27H36N6O7. The van der Waals surface area contributed by atoms with Crippen LogP contribution in [0.1, 0.15) is 23.1 Å². The molecule has 0 fully saturated rings. The number of phenolic OH excluding ortho intramolecular Hbond substituents is 1. The lowest BCUT2D eigenvalue weighted by molar-refractivity contribution is -0.142. The van der Waals surface area contributed by atoms with Crippen LogP contribution in [0.15, 0.2) is 36.4 Å². The maximum Gasteiger partial charge on any atom is 0.327 e. The molecule has 4 bridgehead atoms. The molecule has 13 nitrogen and oxygen atoms in total. The molecule has 5 atom stereocenters. The summed E-state index contributed by atoms with van der Waals surface area (Å²) in [4.78, 5) is 51.1. The molecule has 0 saturated heterocycles. The molecule has 1 aliphatic heterocycles. The lowest BCUT2D eigenvalue weighted by Crippen LogP contribution is -2.59. The molecule has 12 N–H and O–H groups in total. The average molecular weight is 557 g/mol. The number of carboxylic acids is 1. The van der Waals surface area contributed by atoms with Gasteiger partial charge in [-0.2, -0.15) is 0 Å². The highest BCUT2D eigenvalue weighted by atomic mass is 16.4. The van der Waals surface area contributed by atoms with Gasteiger partial charge in [0, 0.05) is 32.4 Å². The zero-order valence-corrected chi connectivity index (χ0v) is 22.1. The molecule has 1 aliphatic rings. The van der Waals surface area contributed by atoms with E-state index in [4.69, 9.17) is 17.2 Å². The number of carbonyl (C=O) groups is 4. The predicted octanol–water partition coefficient (Wildman–Crippen LogP) is -2.00. The number of nitrogens with one attached hydrogen (secondary N) is 3. The van der Waals surface area contributed by atoms with Gasteiger partial charge >= 0.3 is 5.97 Å². The van der Waals surface area contributed by atoms with E-state index in [9.17, 15) is 34.5 Å². The van der Waals surface area contributed by atoms with Crippen LogP contribution in [0.2, 0.25) is 0 Å². The Morgan fingerprint density at radius 2 is 1.65 bits per heavy atom. The molecule has 3 amide bonds. The number of rotatable bonds is 7. The van der Waals surface area contributed by atoms with Gasteiger partial charge in [0.15, 0.2) is 0 Å². The number of hydrogen-bond acceptors (Lipinski definition) is 9. The van der Waals surface area contributed by atoms with Crippen LogP contribution in [0.5, 0.6) is 5.75 Å². The molecule has 0 spiro atoms. The molecule has 0 saturated carbocycles. The summed E-state index contributed by atoms with van der Waals surface area (Å²) in [6.45, 7) is 1.25. The maximum atomic E-state index is 13.4. The Hall–Kier alpha value is -4.04. The molecule has 1 heterocycles. The van der Waals surface area contributed by atoms with Gasteiger partial charge in [-0.05, 0) is 46.9 Å². The fourth-order valence-corrected chi connectivity index (χ4v) is 4.40. The van der Waals surface area contributed by atoms with E-state index in [0.717, 1.165) is 16.7 Å². The van der Waals surface area contributed by atoms with Crippen LogP contribution in [-0.4, -0.2) is 82.4 Å². The van der Waals surface area contributed by atoms with Crippen molar-refractivity contribution in [1.29, 1.82) is 0 Å². The second-order valence-electron chi connectivity index (χ2n) is 9.88. The van der Waals surface area contributed by atoms with E-state index in [0.29, 0.717) is 11.1 Å². The molecule has 3 rings (SSSR count). The number of benzene rings is 2. The first-order valence-electron chi connectivity index (χ1n) is 12.8. The van der Waals surface area contributed by atoms with Gasteiger partial charge in [0.2, 0.25) is 17.7 Å². The number of amides is 3. The quantitative estimate of drug-likeness (QED) is 0.182. The normalized spacial score (nSPS) is 21.2. The van der Waals surface area contributed by atoms with Crippen molar-refractivity contribution in [2.24, 2.45) is 17.2 Å². The number of phenols is 1. The minimum atomic E-state index is -1.39. The number of aliphatic hydroxyl groups is 1. The van der Waals surface area contributed by atoms with E-state index in [2.05, 4.69) is 16.0 Å². The summed E-state index contributed by atoms with van der Waals surface area (Å²) in [7, 11) is 0. The molecule has 216 valence electrons. The Balaban J connectivity index is 2.11. The molecule has 13 heteroatoms. The largest absolute Gasteiger partial charge is 0.508 e. The zero-order valence-electron chi connectivity index (χ0n) is 22.1. The van der Waals surface area contributed by atoms with Crippen molar-refractivity contribution in [2.75, 3.05) is 13.1 Å². The SMILES string of the molecule is Cc1ccc2cc1C[C@@H](C(=O)N[C@@H](CN)C(=O)O)NC(=O)[C@H](C[C@@H](O)CN)NC(=O)[C@@H](N)Cc1cc-2ccc1O. The molecular weight excluding hydrogens is 520 g/mol. The van der Waals surface area contributed by atoms with Crippen LogP contribution in [-0.2, 0) is 32.0 Å². The maximum absolute atomic E-state index is 13.4. The monoisotopic (exact) mass is 556 g/mol. The highest BCUT2D eigenvalue weighted by molar-refractivity contribution is 5.94. The van der Waals surface area contributed by atoms with Crippen LogP contribution < -0.4 is 33.2 Å². The van der Waals surface area contributed by atoms with Crippen molar-refractivity contribution < 1.29 is 34.5 Å². The van der Waals surface area contributed by atoms with Crippen LogP contribution >= 0.6 is 0 Å². The second kappa shape index (κ2) is 13.3. The van der Waals surface area contributed by atoms with Crippen molar-refractivity contribution in [3.63, 3.8) is 0 Å². The van der Waals surface area contributed by atoms with Gasteiger partial charge in [-0.25, -0.2) is 4.79 Å². The predicted molar refractivity (Wildman–Crippen MR) is 146 cm³/mol. The molecule has 0 aromatic heterocycles. The fraction of sp³-hybridized carbons (Fsp3) is 0.407.